The first-order valence-electron chi connectivity index (χ1n) is 7.58. The number of nitrogens with zero attached hydrogens (tertiary/aromatic N) is 2. The SMILES string of the molecule is C=C(F)C1(C(C)C(=O)N2[C@H](C#N)C[C@@H]3C[C@@H]32)CCCC1. The van der Waals surface area contributed by atoms with Gasteiger partial charge in [-0.25, -0.2) is 4.39 Å². The number of carbonyl (C=O) groups is 1. The third kappa shape index (κ3) is 1.79. The molecule has 0 aromatic rings. The van der Waals surface area contributed by atoms with Gasteiger partial charge in [-0.05, 0) is 31.6 Å². The van der Waals surface area contributed by atoms with E-state index in [9.17, 15) is 14.4 Å². The van der Waals surface area contributed by atoms with Gasteiger partial charge in [-0.3, -0.25) is 4.79 Å². The maximum absolute atomic E-state index is 14.0. The molecule has 0 N–H and O–H groups in total. The maximum atomic E-state index is 14.0. The predicted octanol–water partition coefficient (Wildman–Crippen LogP) is 3.18. The molecule has 3 nitrogen and oxygen atoms in total. The van der Waals surface area contributed by atoms with Crippen molar-refractivity contribution in [1.29, 1.82) is 5.26 Å². The Hall–Kier alpha value is -1.37. The second-order valence-electron chi connectivity index (χ2n) is 6.68. The van der Waals surface area contributed by atoms with Crippen LogP contribution in [-0.4, -0.2) is 22.9 Å². The Morgan fingerprint density at radius 2 is 2.10 bits per heavy atom. The van der Waals surface area contributed by atoms with Gasteiger partial charge < -0.3 is 4.90 Å². The lowest BCUT2D eigenvalue weighted by atomic mass is 9.73. The van der Waals surface area contributed by atoms with Crippen molar-refractivity contribution < 1.29 is 9.18 Å². The molecule has 2 saturated carbocycles. The number of rotatable bonds is 3. The number of halogens is 1. The van der Waals surface area contributed by atoms with E-state index in [1.165, 1.54) is 0 Å². The van der Waals surface area contributed by atoms with E-state index in [1.807, 2.05) is 6.92 Å². The highest BCUT2D eigenvalue weighted by Crippen LogP contribution is 2.53. The monoisotopic (exact) mass is 276 g/mol. The average Bonchev–Trinajstić information content (AvgIpc) is 2.91. The van der Waals surface area contributed by atoms with Crippen LogP contribution in [0.5, 0.6) is 0 Å². The predicted molar refractivity (Wildman–Crippen MR) is 73.1 cm³/mol. The molecule has 0 bridgehead atoms. The third-order valence-corrected chi connectivity index (χ3v) is 5.74. The van der Waals surface area contributed by atoms with Crippen molar-refractivity contribution in [3.05, 3.63) is 12.4 Å². The summed E-state index contributed by atoms with van der Waals surface area (Å²) in [4.78, 5) is 14.6. The lowest BCUT2D eigenvalue weighted by molar-refractivity contribution is -0.140. The smallest absolute Gasteiger partial charge is 0.227 e. The summed E-state index contributed by atoms with van der Waals surface area (Å²) in [5.74, 6) is -0.292. The first kappa shape index (κ1) is 13.6. The van der Waals surface area contributed by atoms with Gasteiger partial charge in [0.2, 0.25) is 5.91 Å². The van der Waals surface area contributed by atoms with Crippen molar-refractivity contribution in [2.45, 2.75) is 57.5 Å². The van der Waals surface area contributed by atoms with E-state index in [-0.39, 0.29) is 23.8 Å². The van der Waals surface area contributed by atoms with Crippen molar-refractivity contribution in [2.24, 2.45) is 17.3 Å². The highest BCUT2D eigenvalue weighted by Gasteiger charge is 2.57. The number of carbonyl (C=O) groups excluding carboxylic acids is 1. The van der Waals surface area contributed by atoms with Gasteiger partial charge in [-0.1, -0.05) is 26.3 Å². The maximum Gasteiger partial charge on any atom is 0.227 e. The number of hydrogen-bond acceptors (Lipinski definition) is 2. The first-order chi connectivity index (χ1) is 9.51. The standard InChI is InChI=1S/C16H21FN2O/c1-10(16(11(2)17)5-3-4-6-16)15(20)19-13(9-18)7-12-8-14(12)19/h10,12-14H,2-8H2,1H3/t10?,12-,13+,14+/m1/s1. The minimum atomic E-state index is -0.690. The largest absolute Gasteiger partial charge is 0.323 e. The summed E-state index contributed by atoms with van der Waals surface area (Å²) >= 11 is 0. The number of amides is 1. The molecule has 1 aliphatic heterocycles. The van der Waals surface area contributed by atoms with E-state index in [1.54, 1.807) is 4.90 Å². The molecule has 1 heterocycles. The molecule has 3 aliphatic rings. The number of hydrogen-bond donors (Lipinski definition) is 0. The molecule has 0 aromatic heterocycles. The van der Waals surface area contributed by atoms with Crippen molar-refractivity contribution in [3.8, 4) is 6.07 Å². The summed E-state index contributed by atoms with van der Waals surface area (Å²) < 4.78 is 14.0. The van der Waals surface area contributed by atoms with E-state index in [4.69, 9.17) is 0 Å². The summed E-state index contributed by atoms with van der Waals surface area (Å²) in [6, 6.07) is 2.16. The summed E-state index contributed by atoms with van der Waals surface area (Å²) in [5.41, 5.74) is -0.690. The summed E-state index contributed by atoms with van der Waals surface area (Å²) in [6.07, 6.45) is 5.12. The van der Waals surface area contributed by atoms with Crippen LogP contribution in [0.3, 0.4) is 0 Å². The normalized spacial score (nSPS) is 35.2. The minimum absolute atomic E-state index is 0.0396. The molecule has 20 heavy (non-hydrogen) atoms. The van der Waals surface area contributed by atoms with Gasteiger partial charge in [0.15, 0.2) is 0 Å². The Morgan fingerprint density at radius 1 is 1.45 bits per heavy atom. The zero-order valence-corrected chi connectivity index (χ0v) is 11.9. The number of likely N-dealkylation sites (tertiary alicyclic amines) is 1. The van der Waals surface area contributed by atoms with Crippen molar-refractivity contribution in [1.82, 2.24) is 4.90 Å². The molecule has 4 heteroatoms. The van der Waals surface area contributed by atoms with Crippen molar-refractivity contribution in [2.75, 3.05) is 0 Å². The molecule has 0 radical (unpaired) electrons. The molecule has 1 unspecified atom stereocenters. The topological polar surface area (TPSA) is 44.1 Å². The van der Waals surface area contributed by atoms with Gasteiger partial charge >= 0.3 is 0 Å². The molecule has 0 aromatic carbocycles. The van der Waals surface area contributed by atoms with Crippen LogP contribution in [0.4, 0.5) is 4.39 Å². The molecule has 4 atom stereocenters. The zero-order chi connectivity index (χ0) is 14.5. The molecule has 3 rings (SSSR count). The summed E-state index contributed by atoms with van der Waals surface area (Å²) in [6.45, 7) is 5.33. The Balaban J connectivity index is 1.83. The quantitative estimate of drug-likeness (QED) is 0.794. The van der Waals surface area contributed by atoms with Crippen LogP contribution in [0.15, 0.2) is 12.4 Å². The second kappa shape index (κ2) is 4.58. The van der Waals surface area contributed by atoms with E-state index in [0.29, 0.717) is 18.8 Å². The number of fused-ring (bicyclic) bond motifs is 1. The van der Waals surface area contributed by atoms with Crippen LogP contribution >= 0.6 is 0 Å². The Morgan fingerprint density at radius 3 is 2.65 bits per heavy atom. The average molecular weight is 276 g/mol. The van der Waals surface area contributed by atoms with Crippen LogP contribution in [0, 0.1) is 28.6 Å². The first-order valence-corrected chi connectivity index (χ1v) is 7.58. The van der Waals surface area contributed by atoms with Gasteiger partial charge in [-0.15, -0.1) is 0 Å². The summed E-state index contributed by atoms with van der Waals surface area (Å²) in [7, 11) is 0. The number of allylic oxidation sites excluding steroid dienone is 1. The third-order valence-electron chi connectivity index (χ3n) is 5.74. The molecule has 1 amide bonds. The Labute approximate surface area is 119 Å². The van der Waals surface area contributed by atoms with Crippen molar-refractivity contribution >= 4 is 5.91 Å². The molecule has 1 saturated heterocycles. The van der Waals surface area contributed by atoms with Crippen LogP contribution < -0.4 is 0 Å². The number of piperidine rings is 1. The van der Waals surface area contributed by atoms with Crippen LogP contribution in [0.2, 0.25) is 0 Å². The molecular weight excluding hydrogens is 255 g/mol. The lowest BCUT2D eigenvalue weighted by Gasteiger charge is -2.36. The fourth-order valence-electron chi connectivity index (χ4n) is 4.29. The van der Waals surface area contributed by atoms with Gasteiger partial charge in [0.25, 0.3) is 0 Å². The highest BCUT2D eigenvalue weighted by molar-refractivity contribution is 5.81. The van der Waals surface area contributed by atoms with E-state index < -0.39 is 11.3 Å². The van der Waals surface area contributed by atoms with E-state index >= 15 is 0 Å². The lowest BCUT2D eigenvalue weighted by Crippen LogP contribution is -2.45. The number of nitriles is 1. The molecule has 0 spiro atoms. The van der Waals surface area contributed by atoms with Gasteiger partial charge in [0.1, 0.15) is 6.04 Å². The molecule has 2 aliphatic carbocycles. The Kier molecular flexibility index (Phi) is 3.12. The van der Waals surface area contributed by atoms with Gasteiger partial charge in [0, 0.05) is 17.4 Å². The van der Waals surface area contributed by atoms with Crippen LogP contribution in [0.1, 0.15) is 45.4 Å². The van der Waals surface area contributed by atoms with Crippen molar-refractivity contribution in [3.63, 3.8) is 0 Å². The fourth-order valence-corrected chi connectivity index (χ4v) is 4.29. The Bertz CT molecular complexity index is 489. The second-order valence-corrected chi connectivity index (χ2v) is 6.68. The molecular formula is C16H21FN2O. The molecule has 3 fully saturated rings. The van der Waals surface area contributed by atoms with Crippen LogP contribution in [-0.2, 0) is 4.79 Å². The van der Waals surface area contributed by atoms with E-state index in [0.717, 1.165) is 25.7 Å². The van der Waals surface area contributed by atoms with E-state index in [2.05, 4.69) is 12.6 Å². The highest BCUT2D eigenvalue weighted by atomic mass is 19.1. The summed E-state index contributed by atoms with van der Waals surface area (Å²) in [5, 5.41) is 9.21. The molecule has 108 valence electrons. The fraction of sp³-hybridized carbons (Fsp3) is 0.750. The van der Waals surface area contributed by atoms with Gasteiger partial charge in [-0.2, -0.15) is 5.26 Å². The zero-order valence-electron chi connectivity index (χ0n) is 11.9. The van der Waals surface area contributed by atoms with Crippen LogP contribution in [0.25, 0.3) is 0 Å². The minimum Gasteiger partial charge on any atom is -0.323 e. The van der Waals surface area contributed by atoms with Gasteiger partial charge in [0.05, 0.1) is 11.9 Å².